The van der Waals surface area contributed by atoms with Gasteiger partial charge in [0.15, 0.2) is 0 Å². The summed E-state index contributed by atoms with van der Waals surface area (Å²) in [4.78, 5) is 12.6. The Morgan fingerprint density at radius 3 is 2.30 bits per heavy atom. The van der Waals surface area contributed by atoms with Gasteiger partial charge in [0.1, 0.15) is 5.75 Å². The standard InChI is InChI=1S/C19H20N2O2/c22-17-9-5-4-8-16(17)19(23)21-18(14-6-2-1-3-7-14)15-10-12-20-13-11-15/h1-9,20,22H,10-13H2,(H,21,23). The van der Waals surface area contributed by atoms with E-state index in [1.54, 1.807) is 18.2 Å². The predicted octanol–water partition coefficient (Wildman–Crippen LogP) is 2.92. The van der Waals surface area contributed by atoms with Crippen LogP contribution in [0.2, 0.25) is 0 Å². The number of carbonyl (C=O) groups is 1. The van der Waals surface area contributed by atoms with E-state index in [-0.39, 0.29) is 17.2 Å². The zero-order chi connectivity index (χ0) is 16.1. The van der Waals surface area contributed by atoms with Gasteiger partial charge in [-0.3, -0.25) is 4.79 Å². The molecule has 1 amide bonds. The third kappa shape index (κ3) is 3.60. The van der Waals surface area contributed by atoms with Crippen LogP contribution in [0.15, 0.2) is 60.2 Å². The van der Waals surface area contributed by atoms with Gasteiger partial charge in [0.05, 0.1) is 5.56 Å². The van der Waals surface area contributed by atoms with Crippen LogP contribution in [0.1, 0.15) is 28.8 Å². The van der Waals surface area contributed by atoms with Crippen molar-refractivity contribution < 1.29 is 9.90 Å². The van der Waals surface area contributed by atoms with E-state index in [0.717, 1.165) is 37.2 Å². The minimum absolute atomic E-state index is 0.00674. The van der Waals surface area contributed by atoms with E-state index in [0.29, 0.717) is 0 Å². The first-order valence-corrected chi connectivity index (χ1v) is 7.83. The molecule has 0 aliphatic carbocycles. The quantitative estimate of drug-likeness (QED) is 0.817. The molecule has 0 aromatic heterocycles. The number of aromatic hydroxyl groups is 1. The molecule has 2 aromatic carbocycles. The lowest BCUT2D eigenvalue weighted by atomic mass is 9.98. The molecule has 4 nitrogen and oxygen atoms in total. The SMILES string of the molecule is O=C(NC(=C1CCNCC1)c1ccccc1)c1ccccc1O. The molecule has 3 rings (SSSR count). The van der Waals surface area contributed by atoms with Gasteiger partial charge in [0.25, 0.3) is 5.91 Å². The molecule has 1 saturated heterocycles. The molecule has 4 heteroatoms. The third-order valence-electron chi connectivity index (χ3n) is 4.01. The number of phenols is 1. The molecule has 1 fully saturated rings. The first-order valence-electron chi connectivity index (χ1n) is 7.83. The summed E-state index contributed by atoms with van der Waals surface area (Å²) >= 11 is 0. The van der Waals surface area contributed by atoms with E-state index in [1.807, 2.05) is 30.3 Å². The van der Waals surface area contributed by atoms with E-state index < -0.39 is 0 Å². The molecule has 1 heterocycles. The number of para-hydroxylation sites is 1. The van der Waals surface area contributed by atoms with Crippen LogP contribution in [0.4, 0.5) is 0 Å². The van der Waals surface area contributed by atoms with Crippen molar-refractivity contribution in [3.8, 4) is 5.75 Å². The number of carbonyl (C=O) groups excluding carboxylic acids is 1. The molecule has 1 aliphatic rings. The van der Waals surface area contributed by atoms with Gasteiger partial charge in [-0.05, 0) is 49.2 Å². The number of hydrogen-bond acceptors (Lipinski definition) is 3. The van der Waals surface area contributed by atoms with E-state index in [4.69, 9.17) is 0 Å². The molecule has 0 spiro atoms. The van der Waals surface area contributed by atoms with Crippen molar-refractivity contribution in [3.05, 3.63) is 71.3 Å². The lowest BCUT2D eigenvalue weighted by Gasteiger charge is -2.21. The van der Waals surface area contributed by atoms with Gasteiger partial charge in [0, 0.05) is 5.70 Å². The lowest BCUT2D eigenvalue weighted by Crippen LogP contribution is -2.28. The summed E-state index contributed by atoms with van der Waals surface area (Å²) < 4.78 is 0. The maximum atomic E-state index is 12.6. The van der Waals surface area contributed by atoms with Crippen molar-refractivity contribution in [2.75, 3.05) is 13.1 Å². The minimum Gasteiger partial charge on any atom is -0.507 e. The fourth-order valence-electron chi connectivity index (χ4n) is 2.79. The van der Waals surface area contributed by atoms with Crippen molar-refractivity contribution in [1.29, 1.82) is 0 Å². The number of rotatable bonds is 3. The largest absolute Gasteiger partial charge is 0.507 e. The summed E-state index contributed by atoms with van der Waals surface area (Å²) in [7, 11) is 0. The van der Waals surface area contributed by atoms with Gasteiger partial charge < -0.3 is 15.7 Å². The Labute approximate surface area is 135 Å². The number of nitrogens with one attached hydrogen (secondary N) is 2. The topological polar surface area (TPSA) is 61.4 Å². The van der Waals surface area contributed by atoms with Crippen molar-refractivity contribution in [1.82, 2.24) is 10.6 Å². The van der Waals surface area contributed by atoms with E-state index >= 15 is 0 Å². The normalized spacial score (nSPS) is 14.3. The average Bonchev–Trinajstić information content (AvgIpc) is 2.61. The smallest absolute Gasteiger partial charge is 0.259 e. The van der Waals surface area contributed by atoms with Crippen LogP contribution in [0.5, 0.6) is 5.75 Å². The number of hydrogen-bond donors (Lipinski definition) is 3. The van der Waals surface area contributed by atoms with E-state index in [9.17, 15) is 9.90 Å². The molecule has 0 saturated carbocycles. The second-order valence-electron chi connectivity index (χ2n) is 5.57. The zero-order valence-electron chi connectivity index (χ0n) is 12.9. The summed E-state index contributed by atoms with van der Waals surface area (Å²) in [6.45, 7) is 1.83. The van der Waals surface area contributed by atoms with Crippen molar-refractivity contribution in [2.45, 2.75) is 12.8 Å². The van der Waals surface area contributed by atoms with Crippen molar-refractivity contribution in [2.24, 2.45) is 0 Å². The number of amides is 1. The highest BCUT2D eigenvalue weighted by Crippen LogP contribution is 2.24. The molecule has 2 aromatic rings. The Balaban J connectivity index is 1.94. The first-order chi connectivity index (χ1) is 11.3. The van der Waals surface area contributed by atoms with Crippen LogP contribution in [0, 0.1) is 0 Å². The second-order valence-corrected chi connectivity index (χ2v) is 5.57. The van der Waals surface area contributed by atoms with E-state index in [2.05, 4.69) is 10.6 Å². The van der Waals surface area contributed by atoms with Gasteiger partial charge in [-0.2, -0.15) is 0 Å². The van der Waals surface area contributed by atoms with Crippen LogP contribution in [-0.4, -0.2) is 24.1 Å². The first kappa shape index (κ1) is 15.3. The Kier molecular flexibility index (Phi) is 4.74. The van der Waals surface area contributed by atoms with Crippen molar-refractivity contribution >= 4 is 11.6 Å². The van der Waals surface area contributed by atoms with Gasteiger partial charge in [0.2, 0.25) is 0 Å². The predicted molar refractivity (Wildman–Crippen MR) is 91.0 cm³/mol. The van der Waals surface area contributed by atoms with Gasteiger partial charge in [-0.25, -0.2) is 0 Å². The highest BCUT2D eigenvalue weighted by atomic mass is 16.3. The molecule has 3 N–H and O–H groups in total. The zero-order valence-corrected chi connectivity index (χ0v) is 12.9. The highest BCUT2D eigenvalue weighted by molar-refractivity contribution is 6.01. The molecule has 1 aliphatic heterocycles. The fraction of sp³-hybridized carbons (Fsp3) is 0.211. The van der Waals surface area contributed by atoms with Crippen LogP contribution in [0.25, 0.3) is 5.70 Å². The molecular formula is C19H20N2O2. The maximum absolute atomic E-state index is 12.6. The molecule has 23 heavy (non-hydrogen) atoms. The third-order valence-corrected chi connectivity index (χ3v) is 4.01. The van der Waals surface area contributed by atoms with Crippen LogP contribution < -0.4 is 10.6 Å². The Morgan fingerprint density at radius 2 is 1.61 bits per heavy atom. The second kappa shape index (κ2) is 7.11. The van der Waals surface area contributed by atoms with E-state index in [1.165, 1.54) is 11.6 Å². The summed E-state index contributed by atoms with van der Waals surface area (Å²) in [6, 6.07) is 16.5. The molecule has 118 valence electrons. The monoisotopic (exact) mass is 308 g/mol. The molecule has 0 bridgehead atoms. The number of benzene rings is 2. The number of phenolic OH excluding ortho intramolecular Hbond substituents is 1. The maximum Gasteiger partial charge on any atom is 0.259 e. The fourth-order valence-corrected chi connectivity index (χ4v) is 2.79. The summed E-state index contributed by atoms with van der Waals surface area (Å²) in [5.41, 5.74) is 3.38. The highest BCUT2D eigenvalue weighted by Gasteiger charge is 2.17. The number of piperidine rings is 1. The van der Waals surface area contributed by atoms with Crippen LogP contribution in [-0.2, 0) is 0 Å². The summed E-state index contributed by atoms with van der Waals surface area (Å²) in [5, 5.41) is 16.2. The average molecular weight is 308 g/mol. The van der Waals surface area contributed by atoms with Crippen LogP contribution >= 0.6 is 0 Å². The molecule has 0 atom stereocenters. The lowest BCUT2D eigenvalue weighted by molar-refractivity contribution is 0.0970. The summed E-state index contributed by atoms with van der Waals surface area (Å²) in [6.07, 6.45) is 1.82. The Morgan fingerprint density at radius 1 is 0.957 bits per heavy atom. The Hall–Kier alpha value is -2.59. The molecule has 0 radical (unpaired) electrons. The molecule has 0 unspecified atom stereocenters. The van der Waals surface area contributed by atoms with Crippen LogP contribution in [0.3, 0.4) is 0 Å². The van der Waals surface area contributed by atoms with Gasteiger partial charge in [-0.1, -0.05) is 42.5 Å². The Bertz CT molecular complexity index is 715. The van der Waals surface area contributed by atoms with Gasteiger partial charge in [-0.15, -0.1) is 0 Å². The van der Waals surface area contributed by atoms with Gasteiger partial charge >= 0.3 is 0 Å². The van der Waals surface area contributed by atoms with Crippen molar-refractivity contribution in [3.63, 3.8) is 0 Å². The summed E-state index contributed by atoms with van der Waals surface area (Å²) in [5.74, 6) is -0.291. The minimum atomic E-state index is -0.284. The molecular weight excluding hydrogens is 288 g/mol.